The van der Waals surface area contributed by atoms with Crippen LogP contribution < -0.4 is 0 Å². The molecule has 0 spiro atoms. The van der Waals surface area contributed by atoms with Crippen molar-refractivity contribution in [2.24, 2.45) is 4.99 Å². The van der Waals surface area contributed by atoms with Crippen molar-refractivity contribution in [3.8, 4) is 0 Å². The molecule has 0 aliphatic rings. The maximum Gasteiger partial charge on any atom is 0.433 e. The maximum absolute atomic E-state index is 14.4. The van der Waals surface area contributed by atoms with Gasteiger partial charge in [-0.3, -0.25) is 0 Å². The quantitative estimate of drug-likeness (QED) is 0.299. The average molecular weight is 421 g/mol. The minimum absolute atomic E-state index is 0.107. The first-order valence-electron chi connectivity index (χ1n) is 7.76. The Morgan fingerprint density at radius 1 is 1.22 bits per heavy atom. The minimum atomic E-state index is -4.60. The van der Waals surface area contributed by atoms with E-state index in [2.05, 4.69) is 4.99 Å². The molecular weight excluding hydrogens is 404 g/mol. The van der Waals surface area contributed by atoms with Crippen molar-refractivity contribution in [3.63, 3.8) is 0 Å². The summed E-state index contributed by atoms with van der Waals surface area (Å²) < 4.78 is 64.2. The number of aryl methyl sites for hydroxylation is 1. The summed E-state index contributed by atoms with van der Waals surface area (Å²) in [5.74, 6) is -1.92. The van der Waals surface area contributed by atoms with E-state index in [-0.39, 0.29) is 16.1 Å². The van der Waals surface area contributed by atoms with E-state index >= 15 is 0 Å². The van der Waals surface area contributed by atoms with Crippen LogP contribution in [-0.4, -0.2) is 41.3 Å². The summed E-state index contributed by atoms with van der Waals surface area (Å²) in [6, 6.07) is 8.91. The molecule has 0 aliphatic carbocycles. The van der Waals surface area contributed by atoms with Crippen molar-refractivity contribution in [1.29, 1.82) is 0 Å². The lowest BCUT2D eigenvalue weighted by Crippen LogP contribution is -2.24. The molecule has 27 heavy (non-hydrogen) atoms. The van der Waals surface area contributed by atoms with Gasteiger partial charge in [-0.2, -0.15) is 13.2 Å². The molecule has 1 atom stereocenters. The number of alkyl halides is 3. The molecule has 3 nitrogen and oxygen atoms in total. The highest BCUT2D eigenvalue weighted by molar-refractivity contribution is 7.91. The first-order chi connectivity index (χ1) is 12.5. The van der Waals surface area contributed by atoms with Gasteiger partial charge in [0.05, 0.1) is 5.02 Å². The Balaban J connectivity index is 2.55. The number of amidine groups is 1. The van der Waals surface area contributed by atoms with Crippen LogP contribution in [0.15, 0.2) is 46.3 Å². The second-order valence-corrected chi connectivity index (χ2v) is 7.81. The van der Waals surface area contributed by atoms with Crippen molar-refractivity contribution in [2.75, 3.05) is 19.8 Å². The number of hydrogen-bond donors (Lipinski definition) is 0. The van der Waals surface area contributed by atoms with Crippen LogP contribution in [0.25, 0.3) is 0 Å². The van der Waals surface area contributed by atoms with Crippen LogP contribution in [0.1, 0.15) is 11.1 Å². The smallest absolute Gasteiger partial charge is 0.433 e. The van der Waals surface area contributed by atoms with Crippen LogP contribution in [0.5, 0.6) is 0 Å². The maximum atomic E-state index is 14.4. The number of aliphatic imine (C=N–C) groups is 1. The summed E-state index contributed by atoms with van der Waals surface area (Å²) in [5.41, 5.74) is 0.482. The fourth-order valence-corrected chi connectivity index (χ4v) is 3.69. The molecule has 0 amide bonds. The van der Waals surface area contributed by atoms with Crippen LogP contribution in [0.3, 0.4) is 0 Å². The Morgan fingerprint density at radius 2 is 1.85 bits per heavy atom. The third kappa shape index (κ3) is 5.60. The van der Waals surface area contributed by atoms with E-state index in [9.17, 15) is 22.1 Å². The highest BCUT2D eigenvalue weighted by atomic mass is 35.5. The fourth-order valence-electron chi connectivity index (χ4n) is 2.36. The van der Waals surface area contributed by atoms with Crippen LogP contribution in [0.4, 0.5) is 23.2 Å². The van der Waals surface area contributed by atoms with Crippen molar-refractivity contribution in [1.82, 2.24) is 4.90 Å². The van der Waals surface area contributed by atoms with E-state index in [0.717, 1.165) is 12.1 Å². The molecular formula is C18H17ClF4N2OS. The van der Waals surface area contributed by atoms with Crippen molar-refractivity contribution >= 4 is 34.3 Å². The van der Waals surface area contributed by atoms with Gasteiger partial charge < -0.3 is 9.45 Å². The summed E-state index contributed by atoms with van der Waals surface area (Å²) in [4.78, 5) is 5.73. The van der Waals surface area contributed by atoms with E-state index in [1.165, 1.54) is 6.92 Å². The minimum Gasteiger partial charge on any atom is -0.611 e. The Hall–Kier alpha value is -1.77. The monoisotopic (exact) mass is 420 g/mol. The molecule has 1 unspecified atom stereocenters. The SMILES string of the molecule is Cc1cc(F)c(/N=C(/c2ccccc2Cl)N(C)C)cc1[S+]([O-])CC(F)(F)F. The molecule has 0 N–H and O–H groups in total. The Labute approximate surface area is 162 Å². The predicted molar refractivity (Wildman–Crippen MR) is 99.8 cm³/mol. The molecule has 2 aromatic rings. The second-order valence-electron chi connectivity index (χ2n) is 5.98. The normalized spacial score (nSPS) is 13.6. The lowest BCUT2D eigenvalue weighted by atomic mass is 10.2. The van der Waals surface area contributed by atoms with Gasteiger partial charge in [-0.1, -0.05) is 23.7 Å². The summed E-state index contributed by atoms with van der Waals surface area (Å²) in [7, 11) is 3.36. The standard InChI is InChI=1S/C18H17ClF4N2OS/c1-11-8-14(20)15(9-16(11)27(26)10-18(21,22)23)24-17(25(2)3)12-6-4-5-7-13(12)19/h4-9H,10H2,1-3H3/b24-17-. The third-order valence-electron chi connectivity index (χ3n) is 3.55. The lowest BCUT2D eigenvalue weighted by Gasteiger charge is -2.18. The molecule has 0 radical (unpaired) electrons. The largest absolute Gasteiger partial charge is 0.611 e. The van der Waals surface area contributed by atoms with Crippen molar-refractivity contribution in [2.45, 2.75) is 18.0 Å². The van der Waals surface area contributed by atoms with Gasteiger partial charge in [-0.05, 0) is 36.3 Å². The number of nitrogens with zero attached hydrogens (tertiary/aromatic N) is 2. The van der Waals surface area contributed by atoms with Gasteiger partial charge in [-0.25, -0.2) is 9.38 Å². The van der Waals surface area contributed by atoms with E-state index in [1.807, 2.05) is 0 Å². The summed E-state index contributed by atoms with van der Waals surface area (Å²) in [6.45, 7) is 1.40. The number of benzene rings is 2. The van der Waals surface area contributed by atoms with E-state index in [1.54, 1.807) is 43.3 Å². The molecule has 0 saturated heterocycles. The third-order valence-corrected chi connectivity index (χ3v) is 5.40. The van der Waals surface area contributed by atoms with E-state index in [4.69, 9.17) is 11.6 Å². The van der Waals surface area contributed by atoms with E-state index in [0.29, 0.717) is 16.4 Å². The highest BCUT2D eigenvalue weighted by Crippen LogP contribution is 2.30. The Bertz CT molecular complexity index is 856. The zero-order chi connectivity index (χ0) is 20.4. The molecule has 0 fully saturated rings. The predicted octanol–water partition coefficient (Wildman–Crippen LogP) is 5.10. The molecule has 2 rings (SSSR count). The zero-order valence-electron chi connectivity index (χ0n) is 14.8. The molecule has 9 heteroatoms. The number of rotatable bonds is 4. The highest BCUT2D eigenvalue weighted by Gasteiger charge is 2.36. The molecule has 0 aliphatic heterocycles. The van der Waals surface area contributed by atoms with Gasteiger partial charge in [0, 0.05) is 31.3 Å². The molecule has 0 saturated carbocycles. The average Bonchev–Trinajstić information content (AvgIpc) is 2.53. The molecule has 0 heterocycles. The second kappa shape index (κ2) is 8.50. The van der Waals surface area contributed by atoms with Gasteiger partial charge in [-0.15, -0.1) is 0 Å². The van der Waals surface area contributed by atoms with Gasteiger partial charge >= 0.3 is 6.18 Å². The Morgan fingerprint density at radius 3 is 2.41 bits per heavy atom. The van der Waals surface area contributed by atoms with Crippen LogP contribution in [0, 0.1) is 12.7 Å². The molecule has 2 aromatic carbocycles. The molecule has 0 aromatic heterocycles. The van der Waals surface area contributed by atoms with Crippen molar-refractivity contribution < 1.29 is 22.1 Å². The van der Waals surface area contributed by atoms with Gasteiger partial charge in [0.25, 0.3) is 0 Å². The first-order valence-corrected chi connectivity index (χ1v) is 9.45. The lowest BCUT2D eigenvalue weighted by molar-refractivity contribution is -0.106. The number of halogens is 5. The molecule has 146 valence electrons. The number of hydrogen-bond acceptors (Lipinski definition) is 2. The van der Waals surface area contributed by atoms with E-state index < -0.39 is 28.9 Å². The molecule has 0 bridgehead atoms. The summed E-state index contributed by atoms with van der Waals surface area (Å²) >= 11 is 3.82. The van der Waals surface area contributed by atoms with Gasteiger partial charge in [0.1, 0.15) is 17.3 Å². The summed E-state index contributed by atoms with van der Waals surface area (Å²) in [5, 5.41) is 0.387. The van der Waals surface area contributed by atoms with Crippen LogP contribution in [-0.2, 0) is 11.2 Å². The zero-order valence-corrected chi connectivity index (χ0v) is 16.3. The Kier molecular flexibility index (Phi) is 6.77. The van der Waals surface area contributed by atoms with Crippen LogP contribution >= 0.6 is 11.6 Å². The topological polar surface area (TPSA) is 38.7 Å². The summed E-state index contributed by atoms with van der Waals surface area (Å²) in [6.07, 6.45) is -4.60. The van der Waals surface area contributed by atoms with Crippen molar-refractivity contribution in [3.05, 3.63) is 58.4 Å². The van der Waals surface area contributed by atoms with Gasteiger partial charge in [0.2, 0.25) is 5.75 Å². The van der Waals surface area contributed by atoms with Gasteiger partial charge in [0.15, 0.2) is 4.90 Å². The fraction of sp³-hybridized carbons (Fsp3) is 0.278. The van der Waals surface area contributed by atoms with Crippen LogP contribution in [0.2, 0.25) is 5.02 Å². The first kappa shape index (κ1) is 21.5.